The van der Waals surface area contributed by atoms with E-state index in [2.05, 4.69) is 88.1 Å². The zero-order valence-corrected chi connectivity index (χ0v) is 21.3. The van der Waals surface area contributed by atoms with E-state index in [9.17, 15) is 0 Å². The summed E-state index contributed by atoms with van der Waals surface area (Å²) in [4.78, 5) is 0. The van der Waals surface area contributed by atoms with Crippen molar-refractivity contribution < 1.29 is 0 Å². The van der Waals surface area contributed by atoms with Crippen molar-refractivity contribution in [3.05, 3.63) is 65.2 Å². The van der Waals surface area contributed by atoms with Crippen molar-refractivity contribution >= 4 is 22.0 Å². The molecule has 0 unspecified atom stereocenters. The molecule has 28 heavy (non-hydrogen) atoms. The van der Waals surface area contributed by atoms with E-state index >= 15 is 0 Å². The van der Waals surface area contributed by atoms with Crippen LogP contribution in [0.1, 0.15) is 76.0 Å². The third kappa shape index (κ3) is 6.70. The quantitative estimate of drug-likeness (QED) is 0.244. The average molecular weight is 481 g/mol. The second-order valence-electron chi connectivity index (χ2n) is 8.26. The van der Waals surface area contributed by atoms with Crippen LogP contribution in [0.25, 0.3) is 0 Å². The molecule has 0 aliphatic carbocycles. The Morgan fingerprint density at radius 2 is 1.29 bits per heavy atom. The van der Waals surface area contributed by atoms with Gasteiger partial charge >= 0.3 is 179 Å². The van der Waals surface area contributed by atoms with E-state index in [-0.39, 0.29) is 0 Å². The van der Waals surface area contributed by atoms with Gasteiger partial charge in [-0.25, -0.2) is 0 Å². The molecule has 1 heteroatoms. The second-order valence-corrected chi connectivity index (χ2v) is 21.4. The van der Waals surface area contributed by atoms with Gasteiger partial charge in [0.1, 0.15) is 0 Å². The van der Waals surface area contributed by atoms with Crippen molar-refractivity contribution in [2.45, 2.75) is 79.5 Å². The Bertz CT molecular complexity index is 742. The van der Waals surface area contributed by atoms with Crippen LogP contribution in [0.2, 0.25) is 13.3 Å². The minimum atomic E-state index is -2.48. The number of unbranched alkanes of at least 4 members (excludes halogenated alkanes) is 3. The van der Waals surface area contributed by atoms with E-state index in [1.54, 1.807) is 3.58 Å². The molecule has 0 nitrogen and oxygen atoms in total. The Morgan fingerprint density at radius 1 is 0.714 bits per heavy atom. The third-order valence-corrected chi connectivity index (χ3v) is 21.6. The number of aryl methyl sites for hydroxylation is 1. The first-order valence-electron chi connectivity index (χ1n) is 11.3. The van der Waals surface area contributed by atoms with E-state index in [1.165, 1.54) is 63.0 Å². The number of benzene rings is 2. The summed E-state index contributed by atoms with van der Waals surface area (Å²) in [6, 6.07) is 17.5. The van der Waals surface area contributed by atoms with Crippen LogP contribution in [0, 0.1) is 18.8 Å². The molecule has 0 atom stereocenters. The van der Waals surface area contributed by atoms with Crippen molar-refractivity contribution in [3.8, 4) is 11.8 Å². The van der Waals surface area contributed by atoms with Gasteiger partial charge in [0, 0.05) is 0 Å². The van der Waals surface area contributed by atoms with E-state index in [0.29, 0.717) is 0 Å². The maximum atomic E-state index is 3.59. The first-order valence-corrected chi connectivity index (χ1v) is 18.8. The summed E-state index contributed by atoms with van der Waals surface area (Å²) in [5, 5.41) is 0. The van der Waals surface area contributed by atoms with Crippen LogP contribution in [0.4, 0.5) is 0 Å². The first-order chi connectivity index (χ1) is 13.6. The molecule has 0 aromatic heterocycles. The molecule has 0 N–H and O–H groups in total. The standard InChI is InChI=1S/C15H11.3C4H9.Sn/c1-13-7-9-15(10-8-13)12-11-14-5-3-2-4-6-14;3*1-3-4-2;/h2-9H,1H3;3*1,3-4H2,2H3;. The van der Waals surface area contributed by atoms with Crippen LogP contribution in [-0.4, -0.2) is 18.4 Å². The normalized spacial score (nSPS) is 11.1. The van der Waals surface area contributed by atoms with Gasteiger partial charge in [0.2, 0.25) is 0 Å². The van der Waals surface area contributed by atoms with Gasteiger partial charge in [0.05, 0.1) is 0 Å². The number of rotatable bonds is 10. The van der Waals surface area contributed by atoms with Crippen molar-refractivity contribution in [2.75, 3.05) is 0 Å². The van der Waals surface area contributed by atoms with Crippen LogP contribution in [0.5, 0.6) is 0 Å². The van der Waals surface area contributed by atoms with Gasteiger partial charge in [0.15, 0.2) is 0 Å². The fraction of sp³-hybridized carbons (Fsp3) is 0.481. The predicted molar refractivity (Wildman–Crippen MR) is 128 cm³/mol. The van der Waals surface area contributed by atoms with E-state index in [0.717, 1.165) is 5.56 Å². The van der Waals surface area contributed by atoms with Crippen molar-refractivity contribution in [2.24, 2.45) is 0 Å². The van der Waals surface area contributed by atoms with Crippen molar-refractivity contribution in [1.29, 1.82) is 0 Å². The van der Waals surface area contributed by atoms with Crippen LogP contribution in [0.15, 0.2) is 48.5 Å². The van der Waals surface area contributed by atoms with Gasteiger partial charge in [-0.1, -0.05) is 0 Å². The Morgan fingerprint density at radius 3 is 1.82 bits per heavy atom. The summed E-state index contributed by atoms with van der Waals surface area (Å²) in [5.41, 5.74) is 3.85. The molecule has 0 radical (unpaired) electrons. The van der Waals surface area contributed by atoms with Crippen LogP contribution in [0.3, 0.4) is 0 Å². The summed E-state index contributed by atoms with van der Waals surface area (Å²) < 4.78 is 6.20. The molecule has 0 saturated carbocycles. The molecule has 0 fully saturated rings. The molecule has 0 saturated heterocycles. The van der Waals surface area contributed by atoms with Crippen molar-refractivity contribution in [3.63, 3.8) is 0 Å². The number of hydrogen-bond donors (Lipinski definition) is 0. The van der Waals surface area contributed by atoms with E-state index in [4.69, 9.17) is 0 Å². The van der Waals surface area contributed by atoms with Crippen LogP contribution >= 0.6 is 0 Å². The van der Waals surface area contributed by atoms with E-state index in [1.807, 2.05) is 0 Å². The molecule has 0 bridgehead atoms. The summed E-state index contributed by atoms with van der Waals surface area (Å²) >= 11 is -2.48. The van der Waals surface area contributed by atoms with E-state index < -0.39 is 18.4 Å². The fourth-order valence-electron chi connectivity index (χ4n) is 4.19. The Kier molecular flexibility index (Phi) is 10.2. The average Bonchev–Trinajstić information content (AvgIpc) is 2.73. The zero-order valence-electron chi connectivity index (χ0n) is 18.5. The fourth-order valence-corrected chi connectivity index (χ4v) is 21.0. The summed E-state index contributed by atoms with van der Waals surface area (Å²) in [6.07, 6.45) is 8.12. The summed E-state index contributed by atoms with van der Waals surface area (Å²) in [5.74, 6) is 7.04. The molecule has 2 rings (SSSR count). The maximum absolute atomic E-state index is 3.59. The number of hydrogen-bond acceptors (Lipinski definition) is 0. The third-order valence-electron chi connectivity index (χ3n) is 5.89. The molecule has 0 spiro atoms. The van der Waals surface area contributed by atoms with Crippen molar-refractivity contribution in [1.82, 2.24) is 0 Å². The molecule has 0 amide bonds. The second kappa shape index (κ2) is 12.4. The van der Waals surface area contributed by atoms with Crippen LogP contribution < -0.4 is 3.58 Å². The summed E-state index contributed by atoms with van der Waals surface area (Å²) in [7, 11) is 0. The van der Waals surface area contributed by atoms with Gasteiger partial charge in [-0.3, -0.25) is 0 Å². The van der Waals surface area contributed by atoms with Gasteiger partial charge in [-0.15, -0.1) is 0 Å². The molecular formula is C27H38Sn. The van der Waals surface area contributed by atoms with Crippen LogP contribution in [-0.2, 0) is 0 Å². The molecule has 0 heterocycles. The zero-order chi connectivity index (χ0) is 20.2. The Hall–Kier alpha value is -1.20. The predicted octanol–water partition coefficient (Wildman–Crippen LogP) is 7.45. The van der Waals surface area contributed by atoms with Gasteiger partial charge in [-0.2, -0.15) is 0 Å². The summed E-state index contributed by atoms with van der Waals surface area (Å²) in [6.45, 7) is 9.31. The van der Waals surface area contributed by atoms with Gasteiger partial charge < -0.3 is 0 Å². The molecule has 150 valence electrons. The molecule has 2 aromatic rings. The Balaban J connectivity index is 2.53. The molecule has 2 aromatic carbocycles. The monoisotopic (exact) mass is 482 g/mol. The molecular weight excluding hydrogens is 443 g/mol. The molecule has 0 aliphatic rings. The minimum absolute atomic E-state index is 1.12. The SMILES string of the molecule is CCC[CH2][Sn]([CH2]CCC)([CH2]CCC)[c]1cc(C)ccc1C#Cc1ccccc1. The Labute approximate surface area is 178 Å². The topological polar surface area (TPSA) is 0 Å². The van der Waals surface area contributed by atoms with Gasteiger partial charge in [0.25, 0.3) is 0 Å². The van der Waals surface area contributed by atoms with Gasteiger partial charge in [-0.05, 0) is 0 Å². The molecule has 0 aliphatic heterocycles. The first kappa shape index (κ1) is 23.1.